The van der Waals surface area contributed by atoms with Crippen LogP contribution in [0.15, 0.2) is 30.6 Å². The Labute approximate surface area is 86.0 Å². The predicted octanol–water partition coefficient (Wildman–Crippen LogP) is 1.50. The third kappa shape index (κ3) is 10.4. The summed E-state index contributed by atoms with van der Waals surface area (Å²) in [5.74, 6) is 0.475. The second-order valence-electron chi connectivity index (χ2n) is 3.16. The number of carbonyl (C=O) groups excluding carboxylic acids is 1. The highest BCUT2D eigenvalue weighted by Crippen LogP contribution is 1.85. The van der Waals surface area contributed by atoms with Gasteiger partial charge in [0.15, 0.2) is 0 Å². The summed E-state index contributed by atoms with van der Waals surface area (Å²) in [7, 11) is 0. The number of urea groups is 1. The highest BCUT2D eigenvalue weighted by molar-refractivity contribution is 5.71. The van der Waals surface area contributed by atoms with E-state index in [0.29, 0.717) is 12.5 Å². The van der Waals surface area contributed by atoms with Crippen LogP contribution < -0.4 is 11.1 Å². The van der Waals surface area contributed by atoms with Gasteiger partial charge in [-0.15, -0.1) is 0 Å². The normalized spacial score (nSPS) is 8.79. The van der Waals surface area contributed by atoms with Crippen molar-refractivity contribution >= 4 is 6.03 Å². The van der Waals surface area contributed by atoms with E-state index < -0.39 is 6.03 Å². The van der Waals surface area contributed by atoms with E-state index in [2.05, 4.69) is 10.3 Å². The highest BCUT2D eigenvalue weighted by Gasteiger charge is 1.93. The van der Waals surface area contributed by atoms with Gasteiger partial charge in [0.2, 0.25) is 0 Å². The van der Waals surface area contributed by atoms with Gasteiger partial charge in [0.25, 0.3) is 0 Å². The summed E-state index contributed by atoms with van der Waals surface area (Å²) >= 11 is 0. The Morgan fingerprint density at radius 1 is 1.43 bits per heavy atom. The second kappa shape index (κ2) is 8.04. The van der Waals surface area contributed by atoms with E-state index in [-0.39, 0.29) is 1.43 Å². The lowest BCUT2D eigenvalue weighted by atomic mass is 10.2. The van der Waals surface area contributed by atoms with Crippen molar-refractivity contribution in [2.24, 2.45) is 11.7 Å². The number of nitrogens with two attached hydrogens (primary N) is 1. The lowest BCUT2D eigenvalue weighted by Crippen LogP contribution is -2.32. The molecule has 0 radical (unpaired) electrons. The number of aromatic nitrogens is 1. The van der Waals surface area contributed by atoms with Crippen molar-refractivity contribution in [1.82, 2.24) is 10.3 Å². The number of hydrogen-bond donors (Lipinski definition) is 2. The molecule has 1 heterocycles. The van der Waals surface area contributed by atoms with Crippen LogP contribution >= 0.6 is 0 Å². The van der Waals surface area contributed by atoms with Gasteiger partial charge in [0, 0.05) is 18.9 Å². The van der Waals surface area contributed by atoms with E-state index in [9.17, 15) is 4.79 Å². The number of nitrogens with one attached hydrogen (secondary N) is 1. The van der Waals surface area contributed by atoms with Gasteiger partial charge in [0.1, 0.15) is 0 Å². The number of rotatable bonds is 2. The van der Waals surface area contributed by atoms with Crippen LogP contribution in [0.4, 0.5) is 4.79 Å². The summed E-state index contributed by atoms with van der Waals surface area (Å²) in [6.07, 6.45) is 3.50. The van der Waals surface area contributed by atoms with Gasteiger partial charge < -0.3 is 11.1 Å². The van der Waals surface area contributed by atoms with Gasteiger partial charge in [-0.2, -0.15) is 0 Å². The van der Waals surface area contributed by atoms with Crippen LogP contribution in [0.1, 0.15) is 15.3 Å². The van der Waals surface area contributed by atoms with Crippen molar-refractivity contribution in [3.05, 3.63) is 30.6 Å². The molecule has 4 heteroatoms. The Morgan fingerprint density at radius 2 is 2.00 bits per heavy atom. The number of hydrogen-bond acceptors (Lipinski definition) is 2. The molecule has 0 bridgehead atoms. The van der Waals surface area contributed by atoms with E-state index in [1.165, 1.54) is 0 Å². The third-order valence-corrected chi connectivity index (χ3v) is 1.25. The zero-order valence-corrected chi connectivity index (χ0v) is 8.60. The number of pyridine rings is 1. The maximum atomic E-state index is 10.0. The first-order valence-electron chi connectivity index (χ1n) is 4.51. The molecule has 0 aliphatic carbocycles. The van der Waals surface area contributed by atoms with E-state index >= 15 is 0 Å². The van der Waals surface area contributed by atoms with Gasteiger partial charge in [-0.25, -0.2) is 4.79 Å². The van der Waals surface area contributed by atoms with Crippen molar-refractivity contribution in [3.8, 4) is 0 Å². The quantitative estimate of drug-likeness (QED) is 0.752. The molecule has 0 saturated carbocycles. The number of carbonyl (C=O) groups is 1. The first-order valence-corrected chi connectivity index (χ1v) is 4.51. The molecule has 1 aromatic rings. The SMILES string of the molecule is CC(C)CNC(N)=O.[H+].c1ccncc1. The maximum Gasteiger partial charge on any atom is 1.00 e. The molecule has 78 valence electrons. The smallest absolute Gasteiger partial charge is 0.352 e. The summed E-state index contributed by atoms with van der Waals surface area (Å²) in [5.41, 5.74) is 4.79. The maximum absolute atomic E-state index is 10.0. The van der Waals surface area contributed by atoms with Gasteiger partial charge in [-0.1, -0.05) is 19.9 Å². The lowest BCUT2D eigenvalue weighted by molar-refractivity contribution is 0.247. The first kappa shape index (κ1) is 12.4. The van der Waals surface area contributed by atoms with Crippen LogP contribution in [-0.2, 0) is 0 Å². The van der Waals surface area contributed by atoms with E-state index in [1.807, 2.05) is 32.0 Å². The molecule has 14 heavy (non-hydrogen) atoms. The van der Waals surface area contributed by atoms with Crippen molar-refractivity contribution in [1.29, 1.82) is 0 Å². The zero-order valence-electron chi connectivity index (χ0n) is 9.60. The van der Waals surface area contributed by atoms with Gasteiger partial charge in [-0.05, 0) is 18.1 Å². The van der Waals surface area contributed by atoms with Crippen molar-refractivity contribution in [3.63, 3.8) is 0 Å². The minimum Gasteiger partial charge on any atom is -0.352 e. The monoisotopic (exact) mass is 196 g/mol. The molecule has 0 aliphatic rings. The predicted molar refractivity (Wildman–Crippen MR) is 57.8 cm³/mol. The third-order valence-electron chi connectivity index (χ3n) is 1.25. The largest absolute Gasteiger partial charge is 1.00 e. The van der Waals surface area contributed by atoms with Crippen LogP contribution in [0.2, 0.25) is 0 Å². The van der Waals surface area contributed by atoms with Crippen LogP contribution in [0.25, 0.3) is 0 Å². The average molecular weight is 196 g/mol. The summed E-state index contributed by atoms with van der Waals surface area (Å²) in [4.78, 5) is 13.8. The molecule has 3 N–H and O–H groups in total. The van der Waals surface area contributed by atoms with Crippen molar-refractivity contribution in [2.45, 2.75) is 13.8 Å². The number of nitrogens with zero attached hydrogens (tertiary/aromatic N) is 1. The molecule has 1 rings (SSSR count). The van der Waals surface area contributed by atoms with Crippen molar-refractivity contribution in [2.75, 3.05) is 6.54 Å². The minimum absolute atomic E-state index is 0. The van der Waals surface area contributed by atoms with E-state index in [0.717, 1.165) is 0 Å². The van der Waals surface area contributed by atoms with Gasteiger partial charge in [-0.3, -0.25) is 4.98 Å². The molecule has 2 amide bonds. The second-order valence-corrected chi connectivity index (χ2v) is 3.16. The van der Waals surface area contributed by atoms with Crippen LogP contribution in [0, 0.1) is 5.92 Å². The average Bonchev–Trinajstić information content (AvgIpc) is 2.18. The molecular formula is C10H18N3O+. The fourth-order valence-electron chi connectivity index (χ4n) is 0.617. The fraction of sp³-hybridized carbons (Fsp3) is 0.400. The molecule has 0 spiro atoms. The zero-order chi connectivity index (χ0) is 10.8. The molecule has 0 aromatic carbocycles. The van der Waals surface area contributed by atoms with E-state index in [4.69, 9.17) is 5.73 Å². The van der Waals surface area contributed by atoms with Gasteiger partial charge in [0.05, 0.1) is 0 Å². The molecular weight excluding hydrogens is 178 g/mol. The van der Waals surface area contributed by atoms with Crippen LogP contribution in [-0.4, -0.2) is 17.6 Å². The van der Waals surface area contributed by atoms with E-state index in [1.54, 1.807) is 12.4 Å². The molecule has 0 fully saturated rings. The fourth-order valence-corrected chi connectivity index (χ4v) is 0.617. The van der Waals surface area contributed by atoms with Crippen LogP contribution in [0.5, 0.6) is 0 Å². The molecule has 0 aliphatic heterocycles. The Hall–Kier alpha value is -1.58. The summed E-state index contributed by atoms with van der Waals surface area (Å²) < 4.78 is 0. The molecule has 0 unspecified atom stereocenters. The summed E-state index contributed by atoms with van der Waals surface area (Å²) in [5, 5.41) is 2.48. The topological polar surface area (TPSA) is 68.0 Å². The first-order chi connectivity index (χ1) is 6.63. The molecule has 4 nitrogen and oxygen atoms in total. The Morgan fingerprint density at radius 3 is 2.14 bits per heavy atom. The number of amides is 2. The highest BCUT2D eigenvalue weighted by atomic mass is 16.2. The summed E-state index contributed by atoms with van der Waals surface area (Å²) in [6, 6.07) is 5.27. The Balaban J connectivity index is 0. The lowest BCUT2D eigenvalue weighted by Gasteiger charge is -2.02. The number of primary amides is 1. The molecule has 0 saturated heterocycles. The van der Waals surface area contributed by atoms with Crippen molar-refractivity contribution < 1.29 is 6.22 Å². The Kier molecular flexibility index (Phi) is 7.13. The Bertz CT molecular complexity index is 215. The standard InChI is InChI=1S/C5H12N2O.C5H5N/c1-4(2)3-7-5(6)8;1-2-4-6-5-3-1/h4H,3H2,1-2H3,(H3,6,7,8);1-5H/p+1. The molecule has 0 atom stereocenters. The van der Waals surface area contributed by atoms with Gasteiger partial charge >= 0.3 is 7.46 Å². The molecule has 1 aromatic heterocycles. The van der Waals surface area contributed by atoms with Crippen LogP contribution in [0.3, 0.4) is 0 Å². The minimum atomic E-state index is -0.446. The summed E-state index contributed by atoms with van der Waals surface area (Å²) in [6.45, 7) is 4.68.